The first-order valence-electron chi connectivity index (χ1n) is 9.30. The molecule has 28 heavy (non-hydrogen) atoms. The van der Waals surface area contributed by atoms with Crippen LogP contribution in [0.3, 0.4) is 0 Å². The monoisotopic (exact) mass is 396 g/mol. The third-order valence-corrected chi connectivity index (χ3v) is 5.00. The molecule has 0 saturated carbocycles. The lowest BCUT2D eigenvalue weighted by Crippen LogP contribution is -2.48. The van der Waals surface area contributed by atoms with Crippen molar-refractivity contribution >= 4 is 23.2 Å². The van der Waals surface area contributed by atoms with Gasteiger partial charge in [0.2, 0.25) is 11.7 Å². The molecule has 2 aromatic carbocycles. The van der Waals surface area contributed by atoms with E-state index in [4.69, 9.17) is 11.6 Å². The molecule has 0 radical (unpaired) electrons. The number of hydrogen-bond acceptors (Lipinski definition) is 5. The number of amides is 1. The minimum Gasteiger partial charge on any atom is -0.369 e. The first-order chi connectivity index (χ1) is 13.7. The fourth-order valence-corrected chi connectivity index (χ4v) is 3.52. The van der Waals surface area contributed by atoms with Crippen molar-refractivity contribution in [2.45, 2.75) is 25.4 Å². The van der Waals surface area contributed by atoms with Gasteiger partial charge >= 0.3 is 0 Å². The summed E-state index contributed by atoms with van der Waals surface area (Å²) in [5.74, 6) is 0.359. The topological polar surface area (TPSA) is 75.9 Å². The van der Waals surface area contributed by atoms with E-state index in [0.29, 0.717) is 10.8 Å². The summed E-state index contributed by atoms with van der Waals surface area (Å²) in [6, 6.07) is 17.6. The van der Waals surface area contributed by atoms with Crippen LogP contribution in [0.25, 0.3) is 11.4 Å². The largest absolute Gasteiger partial charge is 0.369 e. The van der Waals surface area contributed by atoms with Crippen LogP contribution in [0.2, 0.25) is 5.02 Å². The molecule has 1 saturated heterocycles. The van der Waals surface area contributed by atoms with Gasteiger partial charge in [0, 0.05) is 35.4 Å². The van der Waals surface area contributed by atoms with E-state index in [-0.39, 0.29) is 18.5 Å². The van der Waals surface area contributed by atoms with Crippen molar-refractivity contribution in [1.29, 1.82) is 0 Å². The number of halogens is 1. The maximum absolute atomic E-state index is 12.4. The van der Waals surface area contributed by atoms with Crippen LogP contribution in [-0.2, 0) is 11.3 Å². The number of aromatic nitrogens is 4. The van der Waals surface area contributed by atoms with Gasteiger partial charge in [-0.15, -0.1) is 10.2 Å². The zero-order valence-corrected chi connectivity index (χ0v) is 16.1. The van der Waals surface area contributed by atoms with Gasteiger partial charge in [-0.1, -0.05) is 29.8 Å². The summed E-state index contributed by atoms with van der Waals surface area (Å²) in [5.41, 5.74) is 1.99. The predicted molar refractivity (Wildman–Crippen MR) is 108 cm³/mol. The Hall–Kier alpha value is -2.93. The number of hydrogen-bond donors (Lipinski definition) is 1. The van der Waals surface area contributed by atoms with Crippen LogP contribution in [0.1, 0.15) is 12.8 Å². The molecular weight excluding hydrogens is 376 g/mol. The Morgan fingerprint density at radius 3 is 2.71 bits per heavy atom. The highest BCUT2D eigenvalue weighted by molar-refractivity contribution is 6.30. The van der Waals surface area contributed by atoms with E-state index in [0.717, 1.165) is 31.5 Å². The molecule has 7 nitrogen and oxygen atoms in total. The summed E-state index contributed by atoms with van der Waals surface area (Å²) >= 11 is 5.90. The maximum Gasteiger partial charge on any atom is 0.243 e. The van der Waals surface area contributed by atoms with Gasteiger partial charge in [0.25, 0.3) is 0 Å². The van der Waals surface area contributed by atoms with Crippen molar-refractivity contribution in [2.75, 3.05) is 18.0 Å². The Balaban J connectivity index is 1.34. The van der Waals surface area contributed by atoms with Crippen molar-refractivity contribution in [3.05, 3.63) is 59.6 Å². The maximum atomic E-state index is 12.4. The van der Waals surface area contributed by atoms with E-state index in [1.165, 1.54) is 10.5 Å². The van der Waals surface area contributed by atoms with Gasteiger partial charge in [-0.25, -0.2) is 0 Å². The van der Waals surface area contributed by atoms with Gasteiger partial charge in [-0.2, -0.15) is 4.80 Å². The lowest BCUT2D eigenvalue weighted by molar-refractivity contribution is -0.122. The summed E-state index contributed by atoms with van der Waals surface area (Å²) < 4.78 is 0. The fraction of sp³-hybridized carbons (Fsp3) is 0.300. The Labute approximate surface area is 168 Å². The number of nitrogens with one attached hydrogen (secondary N) is 1. The number of anilines is 1. The summed E-state index contributed by atoms with van der Waals surface area (Å²) in [4.78, 5) is 16.1. The number of tetrazole rings is 1. The third kappa shape index (κ3) is 4.48. The van der Waals surface area contributed by atoms with Gasteiger partial charge in [0.1, 0.15) is 6.54 Å². The number of para-hydroxylation sites is 1. The molecule has 1 N–H and O–H groups in total. The van der Waals surface area contributed by atoms with E-state index in [2.05, 4.69) is 37.8 Å². The zero-order valence-electron chi connectivity index (χ0n) is 15.3. The number of carbonyl (C=O) groups excluding carboxylic acids is 1. The second-order valence-corrected chi connectivity index (χ2v) is 7.28. The highest BCUT2D eigenvalue weighted by Gasteiger charge is 2.22. The average Bonchev–Trinajstić information content (AvgIpc) is 3.17. The molecule has 2 heterocycles. The van der Waals surface area contributed by atoms with Crippen LogP contribution in [0, 0.1) is 0 Å². The molecule has 1 aliphatic heterocycles. The van der Waals surface area contributed by atoms with Crippen molar-refractivity contribution in [2.24, 2.45) is 0 Å². The Morgan fingerprint density at radius 2 is 1.93 bits per heavy atom. The van der Waals surface area contributed by atoms with Crippen molar-refractivity contribution in [3.8, 4) is 11.4 Å². The van der Waals surface area contributed by atoms with Crippen LogP contribution < -0.4 is 10.2 Å². The normalized spacial score (nSPS) is 16.8. The number of carbonyl (C=O) groups is 1. The SMILES string of the molecule is O=C(Cn1nnc(-c2ccc(Cl)cc2)n1)NC1CCCN(c2ccccc2)C1. The minimum absolute atomic E-state index is 0.0441. The van der Waals surface area contributed by atoms with Crippen molar-refractivity contribution < 1.29 is 4.79 Å². The summed E-state index contributed by atoms with van der Waals surface area (Å²) in [7, 11) is 0. The highest BCUT2D eigenvalue weighted by Crippen LogP contribution is 2.19. The first kappa shape index (κ1) is 18.4. The molecule has 1 fully saturated rings. The molecule has 1 amide bonds. The molecule has 1 atom stereocenters. The molecule has 1 aromatic heterocycles. The number of piperidine rings is 1. The second kappa shape index (κ2) is 8.39. The van der Waals surface area contributed by atoms with Crippen LogP contribution in [0.4, 0.5) is 5.69 Å². The van der Waals surface area contributed by atoms with Crippen LogP contribution in [0.5, 0.6) is 0 Å². The fourth-order valence-electron chi connectivity index (χ4n) is 3.39. The van der Waals surface area contributed by atoms with Gasteiger partial charge < -0.3 is 10.2 Å². The third-order valence-electron chi connectivity index (χ3n) is 4.75. The quantitative estimate of drug-likeness (QED) is 0.717. The summed E-state index contributed by atoms with van der Waals surface area (Å²) in [5, 5.41) is 16.0. The standard InChI is InChI=1S/C20H21ClN6O/c21-16-10-8-15(9-11-16)20-23-25-27(24-20)14-19(28)22-17-5-4-12-26(13-17)18-6-2-1-3-7-18/h1-3,6-11,17H,4-5,12-14H2,(H,22,28). The Kier molecular flexibility index (Phi) is 5.53. The average molecular weight is 397 g/mol. The van der Waals surface area contributed by atoms with Gasteiger partial charge in [0.05, 0.1) is 0 Å². The molecule has 1 unspecified atom stereocenters. The molecule has 1 aliphatic rings. The zero-order chi connectivity index (χ0) is 19.3. The molecule has 0 bridgehead atoms. The van der Waals surface area contributed by atoms with Crippen molar-refractivity contribution in [3.63, 3.8) is 0 Å². The van der Waals surface area contributed by atoms with E-state index in [1.807, 2.05) is 30.3 Å². The lowest BCUT2D eigenvalue weighted by Gasteiger charge is -2.34. The van der Waals surface area contributed by atoms with E-state index in [9.17, 15) is 4.79 Å². The highest BCUT2D eigenvalue weighted by atomic mass is 35.5. The molecule has 3 aromatic rings. The van der Waals surface area contributed by atoms with Crippen molar-refractivity contribution in [1.82, 2.24) is 25.5 Å². The van der Waals surface area contributed by atoms with E-state index < -0.39 is 0 Å². The Bertz CT molecular complexity index is 927. The van der Waals surface area contributed by atoms with Crippen LogP contribution in [-0.4, -0.2) is 45.2 Å². The van der Waals surface area contributed by atoms with Gasteiger partial charge in [-0.3, -0.25) is 4.79 Å². The Morgan fingerprint density at radius 1 is 1.14 bits per heavy atom. The number of benzene rings is 2. The smallest absolute Gasteiger partial charge is 0.243 e. The number of nitrogens with zero attached hydrogens (tertiary/aromatic N) is 5. The van der Waals surface area contributed by atoms with Gasteiger partial charge in [0.15, 0.2) is 0 Å². The minimum atomic E-state index is -0.111. The van der Waals surface area contributed by atoms with E-state index in [1.54, 1.807) is 12.1 Å². The molecule has 0 spiro atoms. The summed E-state index contributed by atoms with van der Waals surface area (Å²) in [6.07, 6.45) is 2.01. The number of rotatable bonds is 5. The van der Waals surface area contributed by atoms with Crippen LogP contribution >= 0.6 is 11.6 Å². The molecule has 8 heteroatoms. The van der Waals surface area contributed by atoms with E-state index >= 15 is 0 Å². The summed E-state index contributed by atoms with van der Waals surface area (Å²) in [6.45, 7) is 1.85. The first-order valence-corrected chi connectivity index (χ1v) is 9.68. The molecule has 0 aliphatic carbocycles. The predicted octanol–water partition coefficient (Wildman–Crippen LogP) is 2.78. The van der Waals surface area contributed by atoms with Crippen LogP contribution in [0.15, 0.2) is 54.6 Å². The lowest BCUT2D eigenvalue weighted by atomic mass is 10.0. The van der Waals surface area contributed by atoms with Gasteiger partial charge in [-0.05, 0) is 54.5 Å². The molecule has 4 rings (SSSR count). The molecular formula is C20H21ClN6O. The second-order valence-electron chi connectivity index (χ2n) is 6.84. The molecule has 144 valence electrons.